The van der Waals surface area contributed by atoms with Crippen LogP contribution in [0.5, 0.6) is 0 Å². The zero-order chi connectivity index (χ0) is 10.6. The number of hydrogen-bond acceptors (Lipinski definition) is 2. The summed E-state index contributed by atoms with van der Waals surface area (Å²) in [6.07, 6.45) is 5.75. The van der Waals surface area contributed by atoms with Crippen LogP contribution in [-0.2, 0) is 6.42 Å². The Morgan fingerprint density at radius 2 is 2.21 bits per heavy atom. The lowest BCUT2D eigenvalue weighted by Crippen LogP contribution is -1.83. The van der Waals surface area contributed by atoms with E-state index in [0.717, 1.165) is 29.9 Å². The van der Waals surface area contributed by atoms with Crippen LogP contribution in [0.3, 0.4) is 0 Å². The first-order valence-corrected chi connectivity index (χ1v) is 5.01. The molecule has 1 aromatic rings. The first-order valence-electron chi connectivity index (χ1n) is 5.01. The molecule has 0 aliphatic heterocycles. The van der Waals surface area contributed by atoms with Gasteiger partial charge in [0.1, 0.15) is 0 Å². The van der Waals surface area contributed by atoms with E-state index < -0.39 is 0 Å². The van der Waals surface area contributed by atoms with E-state index in [1.807, 2.05) is 12.2 Å². The molecule has 0 saturated heterocycles. The Hall–Kier alpha value is -1.31. The fraction of sp³-hybridized carbons (Fsp3) is 0.417. The molecule has 0 radical (unpaired) electrons. The van der Waals surface area contributed by atoms with E-state index in [2.05, 4.69) is 32.5 Å². The summed E-state index contributed by atoms with van der Waals surface area (Å²) in [6, 6.07) is 0. The number of aryl methyl sites for hydroxylation is 1. The third-order valence-electron chi connectivity index (χ3n) is 2.30. The van der Waals surface area contributed by atoms with Crippen LogP contribution < -0.4 is 0 Å². The summed E-state index contributed by atoms with van der Waals surface area (Å²) in [6.45, 7) is 10.0. The van der Waals surface area contributed by atoms with Crippen LogP contribution in [0.25, 0.3) is 12.2 Å². The number of aromatic nitrogens is 1. The van der Waals surface area contributed by atoms with E-state index in [9.17, 15) is 0 Å². The summed E-state index contributed by atoms with van der Waals surface area (Å²) in [7, 11) is 0. The van der Waals surface area contributed by atoms with Crippen molar-refractivity contribution in [2.24, 2.45) is 0 Å². The topological polar surface area (TPSA) is 26.0 Å². The Kier molecular flexibility index (Phi) is 3.69. The van der Waals surface area contributed by atoms with Crippen LogP contribution in [0.2, 0.25) is 0 Å². The molecule has 2 heteroatoms. The molecule has 1 rings (SSSR count). The van der Waals surface area contributed by atoms with Crippen molar-refractivity contribution < 1.29 is 4.52 Å². The van der Waals surface area contributed by atoms with E-state index in [4.69, 9.17) is 4.52 Å². The van der Waals surface area contributed by atoms with Gasteiger partial charge in [-0.1, -0.05) is 37.2 Å². The van der Waals surface area contributed by atoms with Gasteiger partial charge in [0, 0.05) is 5.56 Å². The van der Waals surface area contributed by atoms with Crippen LogP contribution in [0.4, 0.5) is 0 Å². The Balaban J connectivity index is 3.09. The monoisotopic (exact) mass is 191 g/mol. The maximum Gasteiger partial charge on any atom is 0.167 e. The summed E-state index contributed by atoms with van der Waals surface area (Å²) in [5.74, 6) is 0.830. The van der Waals surface area contributed by atoms with E-state index in [0.29, 0.717) is 0 Å². The third kappa shape index (κ3) is 2.13. The van der Waals surface area contributed by atoms with Gasteiger partial charge in [-0.05, 0) is 25.8 Å². The molecule has 0 aliphatic rings. The highest BCUT2D eigenvalue weighted by Crippen LogP contribution is 2.19. The van der Waals surface area contributed by atoms with Crippen LogP contribution in [0.15, 0.2) is 16.7 Å². The van der Waals surface area contributed by atoms with Crippen LogP contribution in [-0.4, -0.2) is 5.16 Å². The first-order chi connectivity index (χ1) is 6.72. The predicted molar refractivity (Wildman–Crippen MR) is 59.9 cm³/mol. The van der Waals surface area contributed by atoms with Gasteiger partial charge >= 0.3 is 0 Å². The van der Waals surface area contributed by atoms with Gasteiger partial charge in [-0.3, -0.25) is 0 Å². The van der Waals surface area contributed by atoms with E-state index in [1.54, 1.807) is 0 Å². The molecule has 1 aromatic heterocycles. The van der Waals surface area contributed by atoms with Gasteiger partial charge in [-0.15, -0.1) is 0 Å². The van der Waals surface area contributed by atoms with Gasteiger partial charge < -0.3 is 4.52 Å². The molecule has 1 heterocycles. The molecule has 2 nitrogen and oxygen atoms in total. The van der Waals surface area contributed by atoms with E-state index in [1.165, 1.54) is 5.57 Å². The molecule has 0 amide bonds. The molecule has 0 fully saturated rings. The van der Waals surface area contributed by atoms with Crippen molar-refractivity contribution in [3.8, 4) is 0 Å². The van der Waals surface area contributed by atoms with Crippen molar-refractivity contribution in [3.05, 3.63) is 29.2 Å². The SMILES string of the molecule is C=Cc1c(CC)noc1C=C(C)CC. The number of hydrogen-bond donors (Lipinski definition) is 0. The zero-order valence-electron chi connectivity index (χ0n) is 9.13. The minimum Gasteiger partial charge on any atom is -0.356 e. The van der Waals surface area contributed by atoms with Gasteiger partial charge in [0.25, 0.3) is 0 Å². The molecule has 0 aromatic carbocycles. The van der Waals surface area contributed by atoms with Gasteiger partial charge in [0.2, 0.25) is 0 Å². The number of nitrogens with zero attached hydrogens (tertiary/aromatic N) is 1. The van der Waals surface area contributed by atoms with Crippen molar-refractivity contribution in [2.45, 2.75) is 33.6 Å². The van der Waals surface area contributed by atoms with Crippen molar-refractivity contribution >= 4 is 12.2 Å². The van der Waals surface area contributed by atoms with Gasteiger partial charge in [0.15, 0.2) is 5.76 Å². The van der Waals surface area contributed by atoms with Crippen LogP contribution >= 0.6 is 0 Å². The summed E-state index contributed by atoms with van der Waals surface area (Å²) in [5.41, 5.74) is 3.29. The molecule has 0 N–H and O–H groups in total. The normalized spacial score (nSPS) is 11.8. The van der Waals surface area contributed by atoms with Crippen molar-refractivity contribution in [3.63, 3.8) is 0 Å². The molecule has 76 valence electrons. The zero-order valence-corrected chi connectivity index (χ0v) is 9.13. The molecule has 0 atom stereocenters. The highest BCUT2D eigenvalue weighted by atomic mass is 16.5. The fourth-order valence-corrected chi connectivity index (χ4v) is 1.25. The number of rotatable bonds is 4. The molecular formula is C12H17NO. The molecule has 0 bridgehead atoms. The summed E-state index contributed by atoms with van der Waals surface area (Å²) >= 11 is 0. The lowest BCUT2D eigenvalue weighted by molar-refractivity contribution is 0.405. The second-order valence-electron chi connectivity index (χ2n) is 3.31. The van der Waals surface area contributed by atoms with Crippen molar-refractivity contribution in [1.29, 1.82) is 0 Å². The van der Waals surface area contributed by atoms with Crippen molar-refractivity contribution in [1.82, 2.24) is 5.16 Å². The fourth-order valence-electron chi connectivity index (χ4n) is 1.25. The molecule has 14 heavy (non-hydrogen) atoms. The van der Waals surface area contributed by atoms with Gasteiger partial charge in [-0.25, -0.2) is 0 Å². The maximum atomic E-state index is 5.25. The quantitative estimate of drug-likeness (QED) is 0.725. The first kappa shape index (κ1) is 10.8. The molecule has 0 unspecified atom stereocenters. The Morgan fingerprint density at radius 3 is 2.71 bits per heavy atom. The van der Waals surface area contributed by atoms with Gasteiger partial charge in [-0.2, -0.15) is 0 Å². The maximum absolute atomic E-state index is 5.25. The van der Waals surface area contributed by atoms with Crippen LogP contribution in [0, 0.1) is 0 Å². The van der Waals surface area contributed by atoms with Crippen molar-refractivity contribution in [2.75, 3.05) is 0 Å². The Labute approximate surface area is 85.3 Å². The van der Waals surface area contributed by atoms with E-state index in [-0.39, 0.29) is 0 Å². The second-order valence-corrected chi connectivity index (χ2v) is 3.31. The molecule has 0 spiro atoms. The highest BCUT2D eigenvalue weighted by Gasteiger charge is 2.09. The minimum atomic E-state index is 0.830. The standard InChI is InChI=1S/C12H17NO/c1-5-9(4)8-12-10(6-2)11(7-3)13-14-12/h6,8H,2,5,7H2,1,3-4H3. The summed E-state index contributed by atoms with van der Waals surface area (Å²) in [5, 5.41) is 4.00. The lowest BCUT2D eigenvalue weighted by Gasteiger charge is -1.94. The molecule has 0 saturated carbocycles. The number of allylic oxidation sites excluding steroid dienone is 1. The predicted octanol–water partition coefficient (Wildman–Crippen LogP) is 3.69. The largest absolute Gasteiger partial charge is 0.356 e. The lowest BCUT2D eigenvalue weighted by atomic mass is 10.1. The third-order valence-corrected chi connectivity index (χ3v) is 2.30. The Morgan fingerprint density at radius 1 is 1.50 bits per heavy atom. The van der Waals surface area contributed by atoms with Gasteiger partial charge in [0.05, 0.1) is 5.69 Å². The second kappa shape index (κ2) is 4.80. The smallest absolute Gasteiger partial charge is 0.167 e. The highest BCUT2D eigenvalue weighted by molar-refractivity contribution is 5.63. The Bertz CT molecular complexity index is 347. The summed E-state index contributed by atoms with van der Waals surface area (Å²) < 4.78 is 5.25. The van der Waals surface area contributed by atoms with E-state index >= 15 is 0 Å². The minimum absolute atomic E-state index is 0.830. The summed E-state index contributed by atoms with van der Waals surface area (Å²) in [4.78, 5) is 0. The average Bonchev–Trinajstić information content (AvgIpc) is 2.59. The average molecular weight is 191 g/mol. The molecular weight excluding hydrogens is 174 g/mol. The molecule has 0 aliphatic carbocycles. The van der Waals surface area contributed by atoms with Crippen LogP contribution in [0.1, 0.15) is 44.2 Å².